The number of hydrogen-bond donors (Lipinski definition) is 0. The highest BCUT2D eigenvalue weighted by molar-refractivity contribution is 14.1. The molecule has 1 aromatic heterocycles. The maximum absolute atomic E-state index is 13.9. The Hall–Kier alpha value is -3.40. The molecule has 0 unspecified atom stereocenters. The molecule has 0 N–H and O–H groups in total. The lowest BCUT2D eigenvalue weighted by Crippen LogP contribution is -2.21. The molecule has 3 aromatic carbocycles. The first-order valence-electron chi connectivity index (χ1n) is 14.4. The van der Waals surface area contributed by atoms with Crippen LogP contribution < -0.4 is 19.8 Å². The minimum absolute atomic E-state index is 0.00176. The van der Waals surface area contributed by atoms with E-state index in [9.17, 15) is 4.79 Å². The van der Waals surface area contributed by atoms with Crippen molar-refractivity contribution >= 4 is 39.7 Å². The fourth-order valence-electron chi connectivity index (χ4n) is 4.55. The summed E-state index contributed by atoms with van der Waals surface area (Å²) in [7, 11) is 0. The Labute approximate surface area is 262 Å². The van der Waals surface area contributed by atoms with Gasteiger partial charge in [-0.1, -0.05) is 46.8 Å². The first-order valence-corrected chi connectivity index (χ1v) is 15.4. The average Bonchev–Trinajstić information content (AvgIpc) is 2.92. The second kappa shape index (κ2) is 13.3. The van der Waals surface area contributed by atoms with Crippen molar-refractivity contribution in [1.82, 2.24) is 9.66 Å². The topological polar surface area (TPSA) is 74.9 Å². The first-order chi connectivity index (χ1) is 19.9. The highest BCUT2D eigenvalue weighted by Crippen LogP contribution is 2.36. The number of aromatic nitrogens is 2. The molecule has 222 valence electrons. The van der Waals surface area contributed by atoms with E-state index in [0.717, 1.165) is 31.6 Å². The number of para-hydroxylation sites is 1. The fourth-order valence-corrected chi connectivity index (χ4v) is 5.34. The summed E-state index contributed by atoms with van der Waals surface area (Å²) in [6.45, 7) is 18.2. The average molecular weight is 682 g/mol. The van der Waals surface area contributed by atoms with Gasteiger partial charge >= 0.3 is 0 Å². The van der Waals surface area contributed by atoms with Gasteiger partial charge < -0.3 is 14.2 Å². The number of rotatable bonds is 10. The molecule has 42 heavy (non-hydrogen) atoms. The molecule has 0 amide bonds. The molecule has 0 saturated heterocycles. The maximum Gasteiger partial charge on any atom is 0.282 e. The molecule has 0 aliphatic heterocycles. The summed E-state index contributed by atoms with van der Waals surface area (Å²) < 4.78 is 20.4. The predicted molar refractivity (Wildman–Crippen MR) is 180 cm³/mol. The summed E-state index contributed by atoms with van der Waals surface area (Å²) in [6.07, 6.45) is 1.67. The number of benzene rings is 3. The molecule has 0 atom stereocenters. The standard InChI is InChI=1S/C34H40IN3O4/c1-9-40-29-15-22(5)26(18-25(29)21(3)4)32-37-28-14-12-11-13-24(28)33(39)38(32)36-19-23-16-27(35)31(30(17-23)41-10-2)42-20-34(6,7)8/h11-19,21H,9-10,20H2,1-8H3. The molecule has 0 spiro atoms. The van der Waals surface area contributed by atoms with E-state index in [0.29, 0.717) is 48.0 Å². The Kier molecular flexibility index (Phi) is 9.97. The summed E-state index contributed by atoms with van der Waals surface area (Å²) >= 11 is 2.26. The summed E-state index contributed by atoms with van der Waals surface area (Å²) in [5.41, 5.74) is 4.00. The van der Waals surface area contributed by atoms with Crippen molar-refractivity contribution in [2.75, 3.05) is 19.8 Å². The molecule has 0 aliphatic carbocycles. The molecule has 0 saturated carbocycles. The Morgan fingerprint density at radius 3 is 2.36 bits per heavy atom. The van der Waals surface area contributed by atoms with E-state index in [1.165, 1.54) is 4.68 Å². The second-order valence-corrected chi connectivity index (χ2v) is 12.9. The van der Waals surface area contributed by atoms with Gasteiger partial charge in [0, 0.05) is 5.56 Å². The van der Waals surface area contributed by atoms with E-state index >= 15 is 0 Å². The summed E-state index contributed by atoms with van der Waals surface area (Å²) in [5, 5.41) is 5.22. The van der Waals surface area contributed by atoms with Crippen molar-refractivity contribution < 1.29 is 14.2 Å². The first kappa shape index (κ1) is 31.5. The zero-order valence-corrected chi connectivity index (χ0v) is 27.9. The molecule has 7 nitrogen and oxygen atoms in total. The van der Waals surface area contributed by atoms with Crippen molar-refractivity contribution in [3.63, 3.8) is 0 Å². The summed E-state index contributed by atoms with van der Waals surface area (Å²) in [6, 6.07) is 15.3. The van der Waals surface area contributed by atoms with Crippen LogP contribution in [0.15, 0.2) is 58.4 Å². The third kappa shape index (κ3) is 7.14. The molecular weight excluding hydrogens is 641 g/mol. The molecule has 0 radical (unpaired) electrons. The molecule has 0 aliphatic rings. The molecule has 4 aromatic rings. The number of hydrogen-bond acceptors (Lipinski definition) is 6. The van der Waals surface area contributed by atoms with Gasteiger partial charge in [0.2, 0.25) is 0 Å². The van der Waals surface area contributed by atoms with Crippen LogP contribution in [0.2, 0.25) is 0 Å². The van der Waals surface area contributed by atoms with Crippen LogP contribution >= 0.6 is 22.6 Å². The number of ether oxygens (including phenoxy) is 3. The van der Waals surface area contributed by atoms with E-state index in [1.54, 1.807) is 12.3 Å². The van der Waals surface area contributed by atoms with E-state index in [2.05, 4.69) is 63.3 Å². The Morgan fingerprint density at radius 1 is 1.00 bits per heavy atom. The van der Waals surface area contributed by atoms with Crippen LogP contribution in [0.5, 0.6) is 17.2 Å². The smallest absolute Gasteiger partial charge is 0.282 e. The molecule has 1 heterocycles. The van der Waals surface area contributed by atoms with Crippen LogP contribution in [0.3, 0.4) is 0 Å². The Morgan fingerprint density at radius 2 is 1.69 bits per heavy atom. The number of halogens is 1. The van der Waals surface area contributed by atoms with Gasteiger partial charge in [-0.05, 0) is 108 Å². The zero-order valence-electron chi connectivity index (χ0n) is 25.7. The van der Waals surface area contributed by atoms with E-state index in [4.69, 9.17) is 24.3 Å². The monoisotopic (exact) mass is 681 g/mol. The summed E-state index contributed by atoms with van der Waals surface area (Å²) in [5.74, 6) is 2.89. The van der Waals surface area contributed by atoms with Gasteiger partial charge in [0.15, 0.2) is 17.3 Å². The second-order valence-electron chi connectivity index (χ2n) is 11.7. The van der Waals surface area contributed by atoms with E-state index in [-0.39, 0.29) is 16.9 Å². The van der Waals surface area contributed by atoms with Crippen molar-refractivity contribution in [3.05, 3.63) is 79.1 Å². The lowest BCUT2D eigenvalue weighted by molar-refractivity contribution is 0.187. The molecule has 8 heteroatoms. The molecule has 0 bridgehead atoms. The molecular formula is C34H40IN3O4. The maximum atomic E-state index is 13.9. The molecule has 0 fully saturated rings. The minimum Gasteiger partial charge on any atom is -0.494 e. The third-order valence-electron chi connectivity index (χ3n) is 6.58. The van der Waals surface area contributed by atoms with Gasteiger partial charge in [0.1, 0.15) is 5.75 Å². The number of fused-ring (bicyclic) bond motifs is 1. The van der Waals surface area contributed by atoms with E-state index < -0.39 is 0 Å². The van der Waals surface area contributed by atoms with Gasteiger partial charge in [-0.25, -0.2) is 4.98 Å². The molecule has 4 rings (SSSR count). The normalized spacial score (nSPS) is 12.0. The zero-order chi connectivity index (χ0) is 30.6. The Balaban J connectivity index is 1.88. The largest absolute Gasteiger partial charge is 0.494 e. The minimum atomic E-state index is -0.240. The van der Waals surface area contributed by atoms with Gasteiger partial charge in [0.05, 0.1) is 40.5 Å². The van der Waals surface area contributed by atoms with Gasteiger partial charge in [-0.3, -0.25) is 4.79 Å². The Bertz CT molecular complexity index is 1670. The fraction of sp³-hybridized carbons (Fsp3) is 0.382. The van der Waals surface area contributed by atoms with Crippen LogP contribution in [0, 0.1) is 15.9 Å². The van der Waals surface area contributed by atoms with Crippen molar-refractivity contribution in [2.24, 2.45) is 10.5 Å². The van der Waals surface area contributed by atoms with Crippen LogP contribution in [0.25, 0.3) is 22.3 Å². The third-order valence-corrected chi connectivity index (χ3v) is 7.38. The lowest BCUT2D eigenvalue weighted by atomic mass is 9.96. The number of nitrogens with zero attached hydrogens (tertiary/aromatic N) is 3. The lowest BCUT2D eigenvalue weighted by Gasteiger charge is -2.21. The van der Waals surface area contributed by atoms with Crippen LogP contribution in [-0.4, -0.2) is 35.7 Å². The van der Waals surface area contributed by atoms with Gasteiger partial charge in [0.25, 0.3) is 5.56 Å². The van der Waals surface area contributed by atoms with Crippen molar-refractivity contribution in [1.29, 1.82) is 0 Å². The van der Waals surface area contributed by atoms with Crippen LogP contribution in [-0.2, 0) is 0 Å². The quantitative estimate of drug-likeness (QED) is 0.125. The van der Waals surface area contributed by atoms with Crippen molar-refractivity contribution in [3.8, 4) is 28.6 Å². The van der Waals surface area contributed by atoms with Gasteiger partial charge in [-0.15, -0.1) is 0 Å². The highest BCUT2D eigenvalue weighted by atomic mass is 127. The van der Waals surface area contributed by atoms with Crippen molar-refractivity contribution in [2.45, 2.75) is 61.3 Å². The van der Waals surface area contributed by atoms with E-state index in [1.807, 2.05) is 57.2 Å². The SMILES string of the molecule is CCOc1cc(C)c(-c2nc3ccccc3c(=O)n2N=Cc2cc(I)c(OCC(C)(C)C)c(OCC)c2)cc1C(C)C. The highest BCUT2D eigenvalue weighted by Gasteiger charge is 2.20. The van der Waals surface area contributed by atoms with Crippen LogP contribution in [0.1, 0.15) is 71.1 Å². The van der Waals surface area contributed by atoms with Gasteiger partial charge in [-0.2, -0.15) is 9.78 Å². The summed E-state index contributed by atoms with van der Waals surface area (Å²) in [4.78, 5) is 18.8. The van der Waals surface area contributed by atoms with Crippen LogP contribution in [0.4, 0.5) is 0 Å². The predicted octanol–water partition coefficient (Wildman–Crippen LogP) is 8.20. The number of aryl methyl sites for hydroxylation is 1.